The molecule has 0 saturated carbocycles. The van der Waals surface area contributed by atoms with Crippen LogP contribution in [0.4, 0.5) is 5.69 Å². The van der Waals surface area contributed by atoms with Crippen LogP contribution in [-0.2, 0) is 9.53 Å². The molecule has 0 aromatic heterocycles. The van der Waals surface area contributed by atoms with Crippen LogP contribution in [-0.4, -0.2) is 22.2 Å². The predicted molar refractivity (Wildman–Crippen MR) is 95.2 cm³/mol. The molecule has 1 unspecified atom stereocenters. The van der Waals surface area contributed by atoms with Gasteiger partial charge in [-0.2, -0.15) is 5.10 Å². The number of carbonyl (C=O) groups is 1. The van der Waals surface area contributed by atoms with Gasteiger partial charge in [0, 0.05) is 17.8 Å². The molecule has 0 bridgehead atoms. The smallest absolute Gasteiger partial charge is 0.337 e. The molecule has 0 spiro atoms. The van der Waals surface area contributed by atoms with E-state index in [4.69, 9.17) is 4.74 Å². The lowest BCUT2D eigenvalue weighted by Crippen LogP contribution is -2.34. The normalized spacial score (nSPS) is 17.6. The first-order valence-corrected chi connectivity index (χ1v) is 8.15. The fourth-order valence-electron chi connectivity index (χ4n) is 2.73. The van der Waals surface area contributed by atoms with Gasteiger partial charge in [0.05, 0.1) is 22.1 Å². The number of hydrogen-bond acceptors (Lipinski definition) is 6. The highest BCUT2D eigenvalue weighted by Crippen LogP contribution is 2.34. The van der Waals surface area contributed by atoms with Gasteiger partial charge >= 0.3 is 5.97 Å². The van der Waals surface area contributed by atoms with Crippen molar-refractivity contribution >= 4 is 17.4 Å². The number of non-ortho nitro benzene ring substituents is 1. The summed E-state index contributed by atoms with van der Waals surface area (Å²) in [7, 11) is 0. The molecule has 0 saturated heterocycles. The first kappa shape index (κ1) is 18.6. The molecule has 1 heterocycles. The highest BCUT2D eigenvalue weighted by molar-refractivity contribution is 6.04. The second kappa shape index (κ2) is 7.04. The minimum atomic E-state index is -0.640. The minimum absolute atomic E-state index is 0.0207. The summed E-state index contributed by atoms with van der Waals surface area (Å²) in [4.78, 5) is 23.4. The zero-order chi connectivity index (χ0) is 18.8. The summed E-state index contributed by atoms with van der Waals surface area (Å²) >= 11 is 0. The first-order valence-electron chi connectivity index (χ1n) is 8.15. The summed E-state index contributed by atoms with van der Waals surface area (Å²) in [5, 5.41) is 15.4. The Labute approximate surface area is 146 Å². The van der Waals surface area contributed by atoms with E-state index in [1.807, 2.05) is 6.92 Å². The number of esters is 1. The van der Waals surface area contributed by atoms with Crippen molar-refractivity contribution in [2.24, 2.45) is 5.10 Å². The fraction of sp³-hybridized carbons (Fsp3) is 0.444. The molecule has 1 aliphatic rings. The molecule has 7 nitrogen and oxygen atoms in total. The molecule has 134 valence electrons. The number of rotatable bonds is 4. The number of ether oxygens (including phenoxy) is 1. The Bertz CT molecular complexity index is 760. The molecule has 1 N–H and O–H groups in total. The molecule has 2 rings (SSSR count). The number of carbonyl (C=O) groups excluding carboxylic acids is 1. The van der Waals surface area contributed by atoms with Gasteiger partial charge in [0.25, 0.3) is 5.69 Å². The Hall–Kier alpha value is -2.70. The fourth-order valence-corrected chi connectivity index (χ4v) is 2.73. The Balaban J connectivity index is 2.53. The third-order valence-electron chi connectivity index (χ3n) is 3.79. The maximum atomic E-state index is 12.8. The van der Waals surface area contributed by atoms with Crippen LogP contribution in [0, 0.1) is 10.1 Å². The molecule has 1 aromatic carbocycles. The third kappa shape index (κ3) is 4.23. The summed E-state index contributed by atoms with van der Waals surface area (Å²) in [6, 6.07) is 6.30. The second-order valence-electron chi connectivity index (χ2n) is 6.89. The van der Waals surface area contributed by atoms with Crippen LogP contribution in [0.5, 0.6) is 0 Å². The van der Waals surface area contributed by atoms with Crippen molar-refractivity contribution in [3.05, 3.63) is 51.2 Å². The summed E-state index contributed by atoms with van der Waals surface area (Å²) in [6.07, 6.45) is 0.597. The molecular weight excluding hydrogens is 322 g/mol. The van der Waals surface area contributed by atoms with Gasteiger partial charge in [-0.3, -0.25) is 15.5 Å². The van der Waals surface area contributed by atoms with Gasteiger partial charge < -0.3 is 4.74 Å². The number of nitrogens with zero attached hydrogens (tertiary/aromatic N) is 2. The van der Waals surface area contributed by atoms with Gasteiger partial charge in [0.15, 0.2) is 0 Å². The van der Waals surface area contributed by atoms with Crippen LogP contribution < -0.4 is 5.43 Å². The van der Waals surface area contributed by atoms with Crippen LogP contribution in [0.25, 0.3) is 0 Å². The second-order valence-corrected chi connectivity index (χ2v) is 6.89. The molecule has 1 aliphatic heterocycles. The zero-order valence-corrected chi connectivity index (χ0v) is 15.1. The van der Waals surface area contributed by atoms with Crippen molar-refractivity contribution in [1.29, 1.82) is 0 Å². The van der Waals surface area contributed by atoms with Crippen molar-refractivity contribution in [2.75, 3.05) is 0 Å². The van der Waals surface area contributed by atoms with Crippen molar-refractivity contribution in [1.82, 2.24) is 5.43 Å². The number of nitro benzene ring substituents is 1. The average molecular weight is 345 g/mol. The van der Waals surface area contributed by atoms with Gasteiger partial charge in [-0.05, 0) is 39.7 Å². The Morgan fingerprint density at radius 1 is 1.40 bits per heavy atom. The van der Waals surface area contributed by atoms with Gasteiger partial charge in [0.1, 0.15) is 5.60 Å². The average Bonchev–Trinajstić information content (AvgIpc) is 2.52. The molecule has 7 heteroatoms. The lowest BCUT2D eigenvalue weighted by Gasteiger charge is -2.29. The lowest BCUT2D eigenvalue weighted by atomic mass is 9.83. The number of allylic oxidation sites excluding steroid dienone is 1. The maximum absolute atomic E-state index is 12.8. The third-order valence-corrected chi connectivity index (χ3v) is 3.79. The molecular formula is C18H23N3O4. The van der Waals surface area contributed by atoms with Gasteiger partial charge in [0.2, 0.25) is 0 Å². The van der Waals surface area contributed by atoms with E-state index in [0.717, 1.165) is 5.71 Å². The van der Waals surface area contributed by atoms with Gasteiger partial charge in [-0.1, -0.05) is 19.1 Å². The monoisotopic (exact) mass is 345 g/mol. The highest BCUT2D eigenvalue weighted by Gasteiger charge is 2.34. The van der Waals surface area contributed by atoms with E-state index in [-0.39, 0.29) is 5.69 Å². The first-order chi connectivity index (χ1) is 11.6. The zero-order valence-electron chi connectivity index (χ0n) is 15.1. The van der Waals surface area contributed by atoms with E-state index in [1.54, 1.807) is 39.8 Å². The lowest BCUT2D eigenvalue weighted by molar-refractivity contribution is -0.384. The minimum Gasteiger partial charge on any atom is -0.457 e. The van der Waals surface area contributed by atoms with E-state index < -0.39 is 22.4 Å². The Kier molecular flexibility index (Phi) is 5.25. The Morgan fingerprint density at radius 3 is 2.64 bits per heavy atom. The highest BCUT2D eigenvalue weighted by atomic mass is 16.6. The molecule has 1 atom stereocenters. The molecule has 25 heavy (non-hydrogen) atoms. The topological polar surface area (TPSA) is 93.8 Å². The standard InChI is InChI=1S/C18H23N3O4/c1-6-14-16(12-8-7-9-13(10-12)21(23)24)15(11(2)19-20-14)17(22)25-18(3,4)5/h7-10,16,19H,6H2,1-5H3. The van der Waals surface area contributed by atoms with Crippen LogP contribution in [0.2, 0.25) is 0 Å². The van der Waals surface area contributed by atoms with E-state index in [0.29, 0.717) is 23.3 Å². The maximum Gasteiger partial charge on any atom is 0.337 e. The number of hydrogen-bond donors (Lipinski definition) is 1. The van der Waals surface area contributed by atoms with Crippen LogP contribution in [0.1, 0.15) is 52.5 Å². The van der Waals surface area contributed by atoms with Gasteiger partial charge in [-0.15, -0.1) is 0 Å². The predicted octanol–water partition coefficient (Wildman–Crippen LogP) is 3.66. The van der Waals surface area contributed by atoms with Gasteiger partial charge in [-0.25, -0.2) is 4.79 Å². The van der Waals surface area contributed by atoms with Crippen LogP contribution in [0.15, 0.2) is 40.6 Å². The summed E-state index contributed by atoms with van der Waals surface area (Å²) < 4.78 is 5.54. The quantitative estimate of drug-likeness (QED) is 0.510. The van der Waals surface area contributed by atoms with E-state index in [2.05, 4.69) is 10.5 Å². The molecule has 1 aromatic rings. The molecule has 0 radical (unpaired) electrons. The van der Waals surface area contributed by atoms with Crippen LogP contribution in [0.3, 0.4) is 0 Å². The molecule has 0 fully saturated rings. The van der Waals surface area contributed by atoms with E-state index in [9.17, 15) is 14.9 Å². The van der Waals surface area contributed by atoms with E-state index in [1.165, 1.54) is 12.1 Å². The van der Waals surface area contributed by atoms with Crippen LogP contribution >= 0.6 is 0 Å². The van der Waals surface area contributed by atoms with Crippen molar-refractivity contribution < 1.29 is 14.5 Å². The SMILES string of the molecule is CCC1=NNC(C)=C(C(=O)OC(C)(C)C)C1c1cccc([N+](=O)[O-])c1. The summed E-state index contributed by atoms with van der Waals surface area (Å²) in [5.41, 5.74) is 4.61. The van der Waals surface area contributed by atoms with E-state index >= 15 is 0 Å². The molecule has 0 aliphatic carbocycles. The summed E-state index contributed by atoms with van der Waals surface area (Å²) in [5.74, 6) is -0.921. The largest absolute Gasteiger partial charge is 0.457 e. The summed E-state index contributed by atoms with van der Waals surface area (Å²) in [6.45, 7) is 9.08. The number of nitro groups is 1. The van der Waals surface area contributed by atoms with Crippen molar-refractivity contribution in [3.63, 3.8) is 0 Å². The molecule has 0 amide bonds. The Morgan fingerprint density at radius 2 is 2.08 bits per heavy atom. The van der Waals surface area contributed by atoms with Crippen molar-refractivity contribution in [2.45, 2.75) is 52.6 Å². The van der Waals surface area contributed by atoms with Crippen molar-refractivity contribution in [3.8, 4) is 0 Å². The number of nitrogens with one attached hydrogen (secondary N) is 1. The number of hydrazone groups is 1. The number of benzene rings is 1.